The van der Waals surface area contributed by atoms with Crippen LogP contribution in [0.1, 0.15) is 51.3 Å². The Morgan fingerprint density at radius 3 is 2.23 bits per heavy atom. The highest BCUT2D eigenvalue weighted by molar-refractivity contribution is 5.56. The van der Waals surface area contributed by atoms with Crippen LogP contribution in [0, 0.1) is 20.8 Å². The van der Waals surface area contributed by atoms with Gasteiger partial charge in [-0.15, -0.1) is 0 Å². The van der Waals surface area contributed by atoms with E-state index in [1.807, 2.05) is 12.1 Å². The normalized spacial score (nSPS) is 21.6. The van der Waals surface area contributed by atoms with E-state index in [-0.39, 0.29) is 0 Å². The second kappa shape index (κ2) is 6.00. The lowest BCUT2D eigenvalue weighted by Crippen LogP contribution is -2.35. The van der Waals surface area contributed by atoms with Crippen molar-refractivity contribution in [2.24, 2.45) is 5.73 Å². The molecule has 3 aromatic rings. The Balaban J connectivity index is 1.88. The summed E-state index contributed by atoms with van der Waals surface area (Å²) in [5, 5.41) is 0. The maximum atomic E-state index is 7.05. The number of benzene rings is 3. The summed E-state index contributed by atoms with van der Waals surface area (Å²) in [7, 11) is 0. The Hall–Kier alpha value is -2.58. The minimum atomic E-state index is -0.486. The number of nitrogen functional groups attached to an aromatic ring is 1. The van der Waals surface area contributed by atoms with E-state index in [0.717, 1.165) is 17.7 Å². The second-order valence-corrected chi connectivity index (χ2v) is 7.66. The Morgan fingerprint density at radius 1 is 0.808 bits per heavy atom. The Labute approximate surface area is 155 Å². The molecule has 0 saturated heterocycles. The van der Waals surface area contributed by atoms with Crippen molar-refractivity contribution in [3.8, 4) is 0 Å². The van der Waals surface area contributed by atoms with Gasteiger partial charge in [0.25, 0.3) is 0 Å². The fourth-order valence-electron chi connectivity index (χ4n) is 4.43. The second-order valence-electron chi connectivity index (χ2n) is 7.66. The van der Waals surface area contributed by atoms with E-state index >= 15 is 0 Å². The van der Waals surface area contributed by atoms with Crippen molar-refractivity contribution in [2.45, 2.75) is 38.6 Å². The van der Waals surface area contributed by atoms with Crippen molar-refractivity contribution < 1.29 is 0 Å². The van der Waals surface area contributed by atoms with Crippen LogP contribution < -0.4 is 11.5 Å². The molecule has 0 saturated carbocycles. The van der Waals surface area contributed by atoms with Crippen LogP contribution in [0.5, 0.6) is 0 Å². The number of hydrogen-bond acceptors (Lipinski definition) is 2. The molecular weight excluding hydrogens is 316 g/mol. The smallest absolute Gasteiger partial charge is 0.0677 e. The first kappa shape index (κ1) is 16.9. The van der Waals surface area contributed by atoms with Gasteiger partial charge in [0.05, 0.1) is 5.54 Å². The first-order chi connectivity index (χ1) is 12.4. The molecule has 0 radical (unpaired) electrons. The molecule has 0 aliphatic heterocycles. The first-order valence-electron chi connectivity index (χ1n) is 9.23. The molecule has 0 fully saturated rings. The van der Waals surface area contributed by atoms with Gasteiger partial charge in [0.1, 0.15) is 0 Å². The first-order valence-corrected chi connectivity index (χ1v) is 9.23. The minimum absolute atomic E-state index is 0.313. The standard InChI is InChI=1S/C24H26N2/c1-15-8-13-20(17(3)16(15)2)22-14-24(26,18-9-11-19(25)12-10-18)23-7-5-4-6-21(22)23/h4-13,22H,14,25-26H2,1-3H3. The van der Waals surface area contributed by atoms with Gasteiger partial charge < -0.3 is 11.5 Å². The van der Waals surface area contributed by atoms with Crippen molar-refractivity contribution in [3.05, 3.63) is 99.6 Å². The van der Waals surface area contributed by atoms with Crippen molar-refractivity contribution in [2.75, 3.05) is 5.73 Å². The van der Waals surface area contributed by atoms with Gasteiger partial charge in [0.2, 0.25) is 0 Å². The fourth-order valence-corrected chi connectivity index (χ4v) is 4.43. The maximum absolute atomic E-state index is 7.05. The van der Waals surface area contributed by atoms with Gasteiger partial charge in [0.15, 0.2) is 0 Å². The third-order valence-electron chi connectivity index (χ3n) is 6.24. The largest absolute Gasteiger partial charge is 0.399 e. The van der Waals surface area contributed by atoms with Crippen LogP contribution in [-0.2, 0) is 5.54 Å². The van der Waals surface area contributed by atoms with Gasteiger partial charge in [-0.3, -0.25) is 0 Å². The SMILES string of the molecule is Cc1ccc(C2CC(N)(c3ccc(N)cc3)c3ccccc32)c(C)c1C. The van der Waals surface area contributed by atoms with Crippen molar-refractivity contribution >= 4 is 5.69 Å². The van der Waals surface area contributed by atoms with Gasteiger partial charge in [-0.05, 0) is 78.3 Å². The molecule has 26 heavy (non-hydrogen) atoms. The molecule has 3 aromatic carbocycles. The molecule has 2 unspecified atom stereocenters. The summed E-state index contributed by atoms with van der Waals surface area (Å²) >= 11 is 0. The summed E-state index contributed by atoms with van der Waals surface area (Å²) < 4.78 is 0. The zero-order valence-electron chi connectivity index (χ0n) is 15.7. The zero-order chi connectivity index (χ0) is 18.5. The summed E-state index contributed by atoms with van der Waals surface area (Å²) in [5.74, 6) is 0.313. The van der Waals surface area contributed by atoms with Gasteiger partial charge in [-0.25, -0.2) is 0 Å². The molecule has 2 heteroatoms. The highest BCUT2D eigenvalue weighted by Crippen LogP contribution is 2.50. The minimum Gasteiger partial charge on any atom is -0.399 e. The topological polar surface area (TPSA) is 52.0 Å². The molecule has 0 spiro atoms. The molecule has 2 atom stereocenters. The molecule has 1 aliphatic rings. The molecule has 4 N–H and O–H groups in total. The Kier molecular flexibility index (Phi) is 3.89. The average molecular weight is 342 g/mol. The summed E-state index contributed by atoms with van der Waals surface area (Å²) in [4.78, 5) is 0. The summed E-state index contributed by atoms with van der Waals surface area (Å²) in [6, 6.07) is 21.2. The third-order valence-corrected chi connectivity index (χ3v) is 6.24. The number of rotatable bonds is 2. The number of anilines is 1. The van der Waals surface area contributed by atoms with Gasteiger partial charge in [-0.1, -0.05) is 48.5 Å². The van der Waals surface area contributed by atoms with Crippen molar-refractivity contribution in [1.82, 2.24) is 0 Å². The third kappa shape index (κ3) is 2.45. The predicted octanol–water partition coefficient (Wildman–Crippen LogP) is 4.93. The van der Waals surface area contributed by atoms with E-state index in [1.165, 1.54) is 33.4 Å². The molecule has 0 heterocycles. The van der Waals surface area contributed by atoms with Gasteiger partial charge in [0, 0.05) is 11.6 Å². The van der Waals surface area contributed by atoms with E-state index in [0.29, 0.717) is 5.92 Å². The summed E-state index contributed by atoms with van der Waals surface area (Å²) in [6.45, 7) is 6.63. The fraction of sp³-hybridized carbons (Fsp3) is 0.250. The predicted molar refractivity (Wildman–Crippen MR) is 109 cm³/mol. The highest BCUT2D eigenvalue weighted by Gasteiger charge is 2.42. The van der Waals surface area contributed by atoms with E-state index in [9.17, 15) is 0 Å². The van der Waals surface area contributed by atoms with Crippen LogP contribution in [0.4, 0.5) is 5.69 Å². The number of fused-ring (bicyclic) bond motifs is 1. The Bertz CT molecular complexity index is 972. The lowest BCUT2D eigenvalue weighted by Gasteiger charge is -2.27. The van der Waals surface area contributed by atoms with Crippen molar-refractivity contribution in [1.29, 1.82) is 0 Å². The molecule has 2 nitrogen and oxygen atoms in total. The lowest BCUT2D eigenvalue weighted by molar-refractivity contribution is 0.510. The van der Waals surface area contributed by atoms with Gasteiger partial charge >= 0.3 is 0 Å². The summed E-state index contributed by atoms with van der Waals surface area (Å²) in [5.41, 5.74) is 22.4. The van der Waals surface area contributed by atoms with Crippen LogP contribution in [0.25, 0.3) is 0 Å². The molecule has 0 aromatic heterocycles. The van der Waals surface area contributed by atoms with E-state index in [4.69, 9.17) is 11.5 Å². The van der Waals surface area contributed by atoms with E-state index in [1.54, 1.807) is 0 Å². The monoisotopic (exact) mass is 342 g/mol. The van der Waals surface area contributed by atoms with Crippen LogP contribution in [-0.4, -0.2) is 0 Å². The van der Waals surface area contributed by atoms with Crippen LogP contribution in [0.3, 0.4) is 0 Å². The number of hydrogen-bond donors (Lipinski definition) is 2. The quantitative estimate of drug-likeness (QED) is 0.649. The van der Waals surface area contributed by atoms with Crippen molar-refractivity contribution in [3.63, 3.8) is 0 Å². The maximum Gasteiger partial charge on any atom is 0.0677 e. The molecule has 0 amide bonds. The lowest BCUT2D eigenvalue weighted by atomic mass is 9.82. The molecule has 132 valence electrons. The van der Waals surface area contributed by atoms with Crippen LogP contribution in [0.2, 0.25) is 0 Å². The highest BCUT2D eigenvalue weighted by atomic mass is 14.8. The van der Waals surface area contributed by atoms with E-state index in [2.05, 4.69) is 69.3 Å². The molecule has 0 bridgehead atoms. The molecule has 4 rings (SSSR count). The Morgan fingerprint density at radius 2 is 1.50 bits per heavy atom. The van der Waals surface area contributed by atoms with Crippen LogP contribution >= 0.6 is 0 Å². The van der Waals surface area contributed by atoms with E-state index < -0.39 is 5.54 Å². The average Bonchev–Trinajstić information content (AvgIpc) is 2.95. The van der Waals surface area contributed by atoms with Gasteiger partial charge in [-0.2, -0.15) is 0 Å². The number of aryl methyl sites for hydroxylation is 1. The number of nitrogens with two attached hydrogens (primary N) is 2. The molecular formula is C24H26N2. The van der Waals surface area contributed by atoms with Crippen LogP contribution in [0.15, 0.2) is 60.7 Å². The molecule has 1 aliphatic carbocycles. The summed E-state index contributed by atoms with van der Waals surface area (Å²) in [6.07, 6.45) is 0.875. The zero-order valence-corrected chi connectivity index (χ0v) is 15.7.